The third kappa shape index (κ3) is 5.14. The van der Waals surface area contributed by atoms with E-state index >= 15 is 0 Å². The average molecular weight is 388 g/mol. The Morgan fingerprint density at radius 2 is 1.89 bits per heavy atom. The summed E-state index contributed by atoms with van der Waals surface area (Å²) in [6.07, 6.45) is 5.60. The zero-order chi connectivity index (χ0) is 19.4. The lowest BCUT2D eigenvalue weighted by molar-refractivity contribution is -0.152. The van der Waals surface area contributed by atoms with Gasteiger partial charge in [0, 0.05) is 53.2 Å². The van der Waals surface area contributed by atoms with E-state index in [9.17, 15) is 9.59 Å². The van der Waals surface area contributed by atoms with E-state index in [1.54, 1.807) is 11.8 Å². The quantitative estimate of drug-likeness (QED) is 0.409. The van der Waals surface area contributed by atoms with Crippen LogP contribution in [-0.2, 0) is 9.59 Å². The SMILES string of the molecule is CC1(C)CC(=O)N(CCCCC(N)CSc2c[nH]c3ccccc23)C(=O)C1. The minimum absolute atomic E-state index is 0.0320. The van der Waals surface area contributed by atoms with Crippen molar-refractivity contribution in [2.75, 3.05) is 12.3 Å². The number of nitrogens with two attached hydrogens (primary N) is 1. The van der Waals surface area contributed by atoms with Crippen molar-refractivity contribution >= 4 is 34.5 Å². The van der Waals surface area contributed by atoms with E-state index in [1.807, 2.05) is 32.2 Å². The van der Waals surface area contributed by atoms with Crippen LogP contribution in [0, 0.1) is 5.41 Å². The van der Waals surface area contributed by atoms with Gasteiger partial charge in [0.05, 0.1) is 0 Å². The normalized spacial score (nSPS) is 18.3. The molecule has 6 heteroatoms. The van der Waals surface area contributed by atoms with Crippen LogP contribution in [0.1, 0.15) is 46.0 Å². The summed E-state index contributed by atoms with van der Waals surface area (Å²) < 4.78 is 0. The highest BCUT2D eigenvalue weighted by Gasteiger charge is 2.36. The molecule has 0 spiro atoms. The molecule has 0 saturated carbocycles. The molecule has 1 fully saturated rings. The summed E-state index contributed by atoms with van der Waals surface area (Å²) >= 11 is 1.78. The van der Waals surface area contributed by atoms with Crippen molar-refractivity contribution in [2.45, 2.75) is 56.9 Å². The van der Waals surface area contributed by atoms with Crippen molar-refractivity contribution < 1.29 is 9.59 Å². The highest BCUT2D eigenvalue weighted by Crippen LogP contribution is 2.32. The number of nitrogens with one attached hydrogen (secondary N) is 1. The highest BCUT2D eigenvalue weighted by molar-refractivity contribution is 7.99. The number of imide groups is 1. The predicted molar refractivity (Wildman–Crippen MR) is 111 cm³/mol. The molecule has 2 amide bonds. The number of piperidine rings is 1. The summed E-state index contributed by atoms with van der Waals surface area (Å²) in [4.78, 5) is 30.3. The van der Waals surface area contributed by atoms with Gasteiger partial charge < -0.3 is 10.7 Å². The second-order valence-electron chi connectivity index (χ2n) is 8.22. The molecule has 146 valence electrons. The number of unbranched alkanes of at least 4 members (excludes halogenated alkanes) is 1. The molecule has 0 aliphatic carbocycles. The van der Waals surface area contributed by atoms with Gasteiger partial charge in [0.1, 0.15) is 0 Å². The van der Waals surface area contributed by atoms with Crippen molar-refractivity contribution in [2.24, 2.45) is 11.1 Å². The van der Waals surface area contributed by atoms with Gasteiger partial charge >= 0.3 is 0 Å². The number of nitrogens with zero attached hydrogens (tertiary/aromatic N) is 1. The Labute approximate surface area is 165 Å². The second kappa shape index (κ2) is 8.48. The Bertz CT molecular complexity index is 795. The molecule has 3 rings (SSSR count). The molecule has 2 aromatic rings. The number of carbonyl (C=O) groups is 2. The van der Waals surface area contributed by atoms with Crippen molar-refractivity contribution in [3.8, 4) is 0 Å². The molecule has 1 aromatic carbocycles. The maximum atomic E-state index is 12.2. The first-order chi connectivity index (χ1) is 12.9. The van der Waals surface area contributed by atoms with Gasteiger partial charge in [-0.05, 0) is 24.3 Å². The molecule has 27 heavy (non-hydrogen) atoms. The van der Waals surface area contributed by atoms with Crippen LogP contribution in [0.3, 0.4) is 0 Å². The Morgan fingerprint density at radius 1 is 1.19 bits per heavy atom. The molecule has 1 aliphatic heterocycles. The summed E-state index contributed by atoms with van der Waals surface area (Å²) in [5.74, 6) is 0.795. The summed E-state index contributed by atoms with van der Waals surface area (Å²) in [5.41, 5.74) is 7.21. The Morgan fingerprint density at radius 3 is 2.63 bits per heavy atom. The van der Waals surface area contributed by atoms with Crippen molar-refractivity contribution in [3.63, 3.8) is 0 Å². The first-order valence-electron chi connectivity index (χ1n) is 9.63. The fraction of sp³-hybridized carbons (Fsp3) is 0.524. The molecule has 1 saturated heterocycles. The van der Waals surface area contributed by atoms with E-state index in [0.717, 1.165) is 30.5 Å². The van der Waals surface area contributed by atoms with Gasteiger partial charge in [-0.3, -0.25) is 14.5 Å². The van der Waals surface area contributed by atoms with Gasteiger partial charge in [-0.15, -0.1) is 11.8 Å². The summed E-state index contributed by atoms with van der Waals surface area (Å²) in [7, 11) is 0. The first kappa shape index (κ1) is 20.0. The minimum atomic E-state index is -0.202. The first-order valence-corrected chi connectivity index (χ1v) is 10.6. The molecule has 5 nitrogen and oxygen atoms in total. The third-order valence-electron chi connectivity index (χ3n) is 5.07. The minimum Gasteiger partial charge on any atom is -0.360 e. The van der Waals surface area contributed by atoms with Crippen LogP contribution >= 0.6 is 11.8 Å². The molecule has 2 heterocycles. The van der Waals surface area contributed by atoms with Gasteiger partial charge in [-0.2, -0.15) is 0 Å². The molecule has 0 radical (unpaired) electrons. The third-order valence-corrected chi connectivity index (χ3v) is 6.32. The van der Waals surface area contributed by atoms with Crippen LogP contribution in [-0.4, -0.2) is 40.0 Å². The van der Waals surface area contributed by atoms with Crippen molar-refractivity contribution in [3.05, 3.63) is 30.5 Å². The topological polar surface area (TPSA) is 79.2 Å². The lowest BCUT2D eigenvalue weighted by Gasteiger charge is -2.34. The van der Waals surface area contributed by atoms with E-state index in [0.29, 0.717) is 19.4 Å². The standard InChI is InChI=1S/C21H29N3O2S/c1-21(2)11-19(25)24(20(26)12-21)10-6-5-7-15(22)14-27-18-13-23-17-9-4-3-8-16(17)18/h3-4,8-9,13,15,23H,5-7,10-12,14,22H2,1-2H3. The predicted octanol–water partition coefficient (Wildman–Crippen LogP) is 3.93. The van der Waals surface area contributed by atoms with Gasteiger partial charge in [0.25, 0.3) is 0 Å². The number of thioether (sulfide) groups is 1. The van der Waals surface area contributed by atoms with Crippen LogP contribution in [0.2, 0.25) is 0 Å². The molecule has 1 atom stereocenters. The number of rotatable bonds is 8. The van der Waals surface area contributed by atoms with Crippen LogP contribution in [0.4, 0.5) is 0 Å². The summed E-state index contributed by atoms with van der Waals surface area (Å²) in [6.45, 7) is 4.48. The zero-order valence-electron chi connectivity index (χ0n) is 16.2. The van der Waals surface area contributed by atoms with Crippen LogP contribution in [0.5, 0.6) is 0 Å². The number of fused-ring (bicyclic) bond motifs is 1. The zero-order valence-corrected chi connectivity index (χ0v) is 17.0. The number of amides is 2. The van der Waals surface area contributed by atoms with Crippen LogP contribution in [0.15, 0.2) is 35.4 Å². The fourth-order valence-electron chi connectivity index (χ4n) is 3.58. The van der Waals surface area contributed by atoms with Gasteiger partial charge in [-0.25, -0.2) is 0 Å². The number of likely N-dealkylation sites (tertiary alicyclic amines) is 1. The number of hydrogen-bond donors (Lipinski definition) is 2. The Hall–Kier alpha value is -1.79. The number of H-pyrrole nitrogens is 1. The molecule has 0 bridgehead atoms. The fourth-order valence-corrected chi connectivity index (χ4v) is 4.62. The van der Waals surface area contributed by atoms with Crippen LogP contribution < -0.4 is 5.73 Å². The van der Waals surface area contributed by atoms with E-state index in [4.69, 9.17) is 5.73 Å². The smallest absolute Gasteiger partial charge is 0.229 e. The number of aromatic amines is 1. The molecular weight excluding hydrogens is 358 g/mol. The molecule has 1 aromatic heterocycles. The van der Waals surface area contributed by atoms with E-state index in [-0.39, 0.29) is 23.3 Å². The average Bonchev–Trinajstić information content (AvgIpc) is 3.01. The van der Waals surface area contributed by atoms with Gasteiger partial charge in [0.15, 0.2) is 0 Å². The van der Waals surface area contributed by atoms with Crippen LogP contribution in [0.25, 0.3) is 10.9 Å². The number of aromatic nitrogens is 1. The Kier molecular flexibility index (Phi) is 6.27. The van der Waals surface area contributed by atoms with E-state index in [1.165, 1.54) is 15.2 Å². The van der Waals surface area contributed by atoms with Gasteiger partial charge in [0.2, 0.25) is 11.8 Å². The number of carbonyl (C=O) groups excluding carboxylic acids is 2. The lowest BCUT2D eigenvalue weighted by atomic mass is 9.81. The van der Waals surface area contributed by atoms with Gasteiger partial charge in [-0.1, -0.05) is 38.5 Å². The lowest BCUT2D eigenvalue weighted by Crippen LogP contribution is -2.46. The van der Waals surface area contributed by atoms with Crippen molar-refractivity contribution in [1.82, 2.24) is 9.88 Å². The molecule has 1 unspecified atom stereocenters. The highest BCUT2D eigenvalue weighted by atomic mass is 32.2. The van der Waals surface area contributed by atoms with E-state index in [2.05, 4.69) is 17.1 Å². The monoisotopic (exact) mass is 387 g/mol. The number of benzene rings is 1. The molecule has 3 N–H and O–H groups in total. The maximum Gasteiger partial charge on any atom is 0.229 e. The Balaban J connectivity index is 1.38. The summed E-state index contributed by atoms with van der Waals surface area (Å²) in [5, 5.41) is 1.24. The maximum absolute atomic E-state index is 12.2. The number of para-hydroxylation sites is 1. The van der Waals surface area contributed by atoms with E-state index < -0.39 is 0 Å². The molecular formula is C21H29N3O2S. The summed E-state index contributed by atoms with van der Waals surface area (Å²) in [6, 6.07) is 8.37. The largest absolute Gasteiger partial charge is 0.360 e. The molecule has 1 aliphatic rings. The number of hydrogen-bond acceptors (Lipinski definition) is 4. The van der Waals surface area contributed by atoms with Crippen molar-refractivity contribution in [1.29, 1.82) is 0 Å². The second-order valence-corrected chi connectivity index (χ2v) is 9.28.